The molecule has 3 aromatic carbocycles. The number of anilines is 1. The van der Waals surface area contributed by atoms with Crippen molar-refractivity contribution < 1.29 is 32.2 Å². The number of methoxy groups -OCH3 is 1. The van der Waals surface area contributed by atoms with Crippen LogP contribution in [-0.2, 0) is 10.9 Å². The number of nitrogens with one attached hydrogen (secondary N) is 1. The topological polar surface area (TPSA) is 87.5 Å². The summed E-state index contributed by atoms with van der Waals surface area (Å²) >= 11 is 0. The quantitative estimate of drug-likeness (QED) is 0.270. The third-order valence-corrected chi connectivity index (χ3v) is 5.42. The lowest BCUT2D eigenvalue weighted by molar-refractivity contribution is -0.137. The number of hydrogen-bond acceptors (Lipinski definition) is 6. The van der Waals surface area contributed by atoms with Gasteiger partial charge in [0.1, 0.15) is 12.4 Å². The maximum absolute atomic E-state index is 13.3. The Kier molecular flexibility index (Phi) is 8.27. The summed E-state index contributed by atoms with van der Waals surface area (Å²) in [6, 6.07) is 18.1. The Morgan fingerprint density at radius 2 is 1.74 bits per heavy atom. The molecule has 198 valence electrons. The smallest absolute Gasteiger partial charge is 0.416 e. The average Bonchev–Trinajstić information content (AvgIpc) is 3.35. The molecule has 4 aromatic rings. The van der Waals surface area contributed by atoms with Crippen LogP contribution in [-0.4, -0.2) is 47.6 Å². The minimum atomic E-state index is -4.51. The van der Waals surface area contributed by atoms with Crippen molar-refractivity contribution in [3.63, 3.8) is 0 Å². The van der Waals surface area contributed by atoms with Crippen LogP contribution in [0.2, 0.25) is 0 Å². The van der Waals surface area contributed by atoms with Crippen LogP contribution in [0.4, 0.5) is 18.9 Å². The monoisotopic (exact) mass is 526 g/mol. The van der Waals surface area contributed by atoms with Gasteiger partial charge in [0, 0.05) is 23.4 Å². The van der Waals surface area contributed by atoms with Crippen LogP contribution in [0.1, 0.15) is 22.8 Å². The largest absolute Gasteiger partial charge is 0.497 e. The SMILES string of the molecule is CCOCCOc1nc(-c2cccc(C(F)(F)F)c2)n(-c2ccc(NC(=O)c3ccc(OC)cc3)cc2)n1. The molecule has 0 aliphatic heterocycles. The van der Waals surface area contributed by atoms with Gasteiger partial charge in [-0.2, -0.15) is 18.2 Å². The van der Waals surface area contributed by atoms with E-state index in [-0.39, 0.29) is 29.9 Å². The minimum absolute atomic E-state index is 0.00556. The van der Waals surface area contributed by atoms with Gasteiger partial charge in [-0.05, 0) is 67.6 Å². The van der Waals surface area contributed by atoms with E-state index in [0.29, 0.717) is 35.9 Å². The Bertz CT molecular complexity index is 1370. The van der Waals surface area contributed by atoms with E-state index >= 15 is 0 Å². The van der Waals surface area contributed by atoms with Gasteiger partial charge in [0.15, 0.2) is 5.82 Å². The molecular formula is C27H25F3N4O4. The van der Waals surface area contributed by atoms with Crippen molar-refractivity contribution in [1.29, 1.82) is 0 Å². The summed E-state index contributed by atoms with van der Waals surface area (Å²) in [7, 11) is 1.54. The zero-order valence-corrected chi connectivity index (χ0v) is 20.7. The summed E-state index contributed by atoms with van der Waals surface area (Å²) in [5.41, 5.74) is 0.881. The molecule has 0 saturated heterocycles. The van der Waals surface area contributed by atoms with Gasteiger partial charge in [-0.25, -0.2) is 4.68 Å². The third kappa shape index (κ3) is 6.48. The average molecular weight is 527 g/mol. The fraction of sp³-hybridized carbons (Fsp3) is 0.222. The molecule has 0 bridgehead atoms. The van der Waals surface area contributed by atoms with E-state index in [2.05, 4.69) is 15.4 Å². The maximum Gasteiger partial charge on any atom is 0.416 e. The molecule has 1 amide bonds. The molecule has 1 heterocycles. The van der Waals surface area contributed by atoms with E-state index in [1.165, 1.54) is 16.8 Å². The number of carbonyl (C=O) groups excluding carboxylic acids is 1. The van der Waals surface area contributed by atoms with Crippen LogP contribution in [0.25, 0.3) is 17.1 Å². The highest BCUT2D eigenvalue weighted by Crippen LogP contribution is 2.33. The lowest BCUT2D eigenvalue weighted by Crippen LogP contribution is -2.11. The van der Waals surface area contributed by atoms with Gasteiger partial charge >= 0.3 is 12.2 Å². The fourth-order valence-electron chi connectivity index (χ4n) is 3.52. The standard InChI is InChI=1S/C27H25F3N4O4/c1-3-37-15-16-38-26-32-24(19-5-4-6-20(17-19)27(28,29)30)34(33-26)22-11-9-21(10-12-22)31-25(35)18-7-13-23(36-2)14-8-18/h4-14,17H,3,15-16H2,1-2H3,(H,31,35). The molecule has 0 atom stereocenters. The Labute approximate surface area is 217 Å². The Hall–Kier alpha value is -4.38. The van der Waals surface area contributed by atoms with E-state index in [0.717, 1.165) is 12.1 Å². The predicted octanol–water partition coefficient (Wildman–Crippen LogP) is 5.63. The Balaban J connectivity index is 1.60. The van der Waals surface area contributed by atoms with E-state index in [4.69, 9.17) is 14.2 Å². The molecule has 38 heavy (non-hydrogen) atoms. The summed E-state index contributed by atoms with van der Waals surface area (Å²) in [6.45, 7) is 2.85. The van der Waals surface area contributed by atoms with E-state index in [1.807, 2.05) is 6.92 Å². The first-order valence-corrected chi connectivity index (χ1v) is 11.7. The lowest BCUT2D eigenvalue weighted by atomic mass is 10.1. The highest BCUT2D eigenvalue weighted by Gasteiger charge is 2.31. The van der Waals surface area contributed by atoms with Crippen molar-refractivity contribution in [3.05, 3.63) is 83.9 Å². The number of amides is 1. The molecule has 4 rings (SSSR count). The van der Waals surface area contributed by atoms with Gasteiger partial charge in [0.25, 0.3) is 5.91 Å². The van der Waals surface area contributed by atoms with Crippen LogP contribution >= 0.6 is 0 Å². The van der Waals surface area contributed by atoms with Gasteiger partial charge in [-0.3, -0.25) is 4.79 Å². The van der Waals surface area contributed by atoms with Crippen molar-refractivity contribution in [3.8, 4) is 28.8 Å². The predicted molar refractivity (Wildman–Crippen MR) is 135 cm³/mol. The molecule has 0 spiro atoms. The molecule has 0 radical (unpaired) electrons. The number of hydrogen-bond donors (Lipinski definition) is 1. The number of aromatic nitrogens is 3. The number of ether oxygens (including phenoxy) is 3. The second-order valence-electron chi connectivity index (χ2n) is 7.98. The summed E-state index contributed by atoms with van der Waals surface area (Å²) in [5.74, 6) is 0.491. The van der Waals surface area contributed by atoms with Gasteiger partial charge in [0.2, 0.25) is 0 Å². The molecule has 0 fully saturated rings. The molecule has 0 aliphatic carbocycles. The first kappa shape index (κ1) is 26.7. The van der Waals surface area contributed by atoms with Crippen LogP contribution in [0.3, 0.4) is 0 Å². The van der Waals surface area contributed by atoms with Crippen molar-refractivity contribution >= 4 is 11.6 Å². The second-order valence-corrected chi connectivity index (χ2v) is 7.98. The summed E-state index contributed by atoms with van der Waals surface area (Å²) in [5, 5.41) is 7.15. The van der Waals surface area contributed by atoms with Crippen molar-refractivity contribution in [2.24, 2.45) is 0 Å². The summed E-state index contributed by atoms with van der Waals surface area (Å²) in [6.07, 6.45) is -4.51. The van der Waals surface area contributed by atoms with E-state index in [1.54, 1.807) is 55.6 Å². The Morgan fingerprint density at radius 3 is 2.39 bits per heavy atom. The molecule has 0 aliphatic rings. The minimum Gasteiger partial charge on any atom is -0.497 e. The maximum atomic E-state index is 13.3. The fourth-order valence-corrected chi connectivity index (χ4v) is 3.52. The number of halogens is 3. The van der Waals surface area contributed by atoms with Crippen LogP contribution in [0.5, 0.6) is 11.8 Å². The number of rotatable bonds is 10. The van der Waals surface area contributed by atoms with Crippen molar-refractivity contribution in [1.82, 2.24) is 14.8 Å². The van der Waals surface area contributed by atoms with E-state index < -0.39 is 11.7 Å². The number of benzene rings is 3. The van der Waals surface area contributed by atoms with Gasteiger partial charge in [-0.1, -0.05) is 12.1 Å². The Morgan fingerprint density at radius 1 is 1.00 bits per heavy atom. The van der Waals surface area contributed by atoms with Crippen molar-refractivity contribution in [2.45, 2.75) is 13.1 Å². The number of carbonyl (C=O) groups is 1. The molecule has 0 saturated carbocycles. The van der Waals surface area contributed by atoms with Gasteiger partial charge in [-0.15, -0.1) is 5.10 Å². The highest BCUT2D eigenvalue weighted by atomic mass is 19.4. The lowest BCUT2D eigenvalue weighted by Gasteiger charge is -2.10. The summed E-state index contributed by atoms with van der Waals surface area (Å²) in [4.78, 5) is 16.9. The highest BCUT2D eigenvalue weighted by molar-refractivity contribution is 6.04. The number of nitrogens with zero attached hydrogens (tertiary/aromatic N) is 3. The van der Waals surface area contributed by atoms with Crippen LogP contribution < -0.4 is 14.8 Å². The molecular weight excluding hydrogens is 501 g/mol. The van der Waals surface area contributed by atoms with E-state index in [9.17, 15) is 18.0 Å². The molecule has 0 unspecified atom stereocenters. The van der Waals surface area contributed by atoms with Gasteiger partial charge < -0.3 is 19.5 Å². The number of alkyl halides is 3. The second kappa shape index (κ2) is 11.8. The van der Waals surface area contributed by atoms with Crippen LogP contribution in [0, 0.1) is 0 Å². The molecule has 1 aromatic heterocycles. The van der Waals surface area contributed by atoms with Gasteiger partial charge in [0.05, 0.1) is 25.0 Å². The molecule has 1 N–H and O–H groups in total. The third-order valence-electron chi connectivity index (χ3n) is 5.42. The first-order chi connectivity index (χ1) is 18.3. The summed E-state index contributed by atoms with van der Waals surface area (Å²) < 4.78 is 57.3. The first-order valence-electron chi connectivity index (χ1n) is 11.7. The van der Waals surface area contributed by atoms with Crippen LogP contribution in [0.15, 0.2) is 72.8 Å². The normalized spacial score (nSPS) is 11.3. The zero-order valence-electron chi connectivity index (χ0n) is 20.7. The molecule has 11 heteroatoms. The zero-order chi connectivity index (χ0) is 27.1. The molecule has 8 nitrogen and oxygen atoms in total. The van der Waals surface area contributed by atoms with Crippen molar-refractivity contribution in [2.75, 3.05) is 32.2 Å².